The highest BCUT2D eigenvalue weighted by atomic mass is 16.3. The Morgan fingerprint density at radius 2 is 1.70 bits per heavy atom. The van der Waals surface area contributed by atoms with Crippen molar-refractivity contribution in [3.8, 4) is 0 Å². The van der Waals surface area contributed by atoms with Gasteiger partial charge in [0.05, 0.1) is 5.60 Å². The van der Waals surface area contributed by atoms with Crippen molar-refractivity contribution in [2.45, 2.75) is 77.2 Å². The minimum Gasteiger partial charge on any atom is -0.390 e. The third kappa shape index (κ3) is 3.39. The van der Waals surface area contributed by atoms with Crippen molar-refractivity contribution in [2.75, 3.05) is 14.1 Å². The van der Waals surface area contributed by atoms with E-state index < -0.39 is 5.60 Å². The van der Waals surface area contributed by atoms with Gasteiger partial charge in [-0.3, -0.25) is 4.79 Å². The van der Waals surface area contributed by atoms with Crippen molar-refractivity contribution in [3.05, 3.63) is 12.3 Å². The van der Waals surface area contributed by atoms with Crippen molar-refractivity contribution in [1.29, 1.82) is 0 Å². The number of ketones is 1. The first-order valence-electron chi connectivity index (χ1n) is 11.3. The summed E-state index contributed by atoms with van der Waals surface area (Å²) in [5, 5.41) is 10.5. The van der Waals surface area contributed by atoms with E-state index in [0.717, 1.165) is 48.9 Å². The maximum absolute atomic E-state index is 12.9. The van der Waals surface area contributed by atoms with Gasteiger partial charge in [-0.05, 0) is 106 Å². The molecule has 0 bridgehead atoms. The topological polar surface area (TPSA) is 40.5 Å². The SMILES string of the molecule is CN(C)/C=C/C(=O)[C@H]1CC[C@H]2[C@@H]3CC[C@@H]4C[C@](C)(O)CC[C@@H]4[C@H]3CC[C@]12C. The quantitative estimate of drug-likeness (QED) is 0.732. The maximum Gasteiger partial charge on any atom is 0.160 e. The van der Waals surface area contributed by atoms with Crippen LogP contribution in [0.4, 0.5) is 0 Å². The maximum atomic E-state index is 12.9. The number of hydrogen-bond acceptors (Lipinski definition) is 3. The molecule has 4 rings (SSSR count). The largest absolute Gasteiger partial charge is 0.390 e. The lowest BCUT2D eigenvalue weighted by atomic mass is 9.49. The fourth-order valence-electron chi connectivity index (χ4n) is 7.89. The minimum atomic E-state index is -0.430. The number of allylic oxidation sites excluding steroid dienone is 1. The summed E-state index contributed by atoms with van der Waals surface area (Å²) in [5.74, 6) is 4.56. The van der Waals surface area contributed by atoms with Gasteiger partial charge in [-0.1, -0.05) is 6.92 Å². The zero-order valence-electron chi connectivity index (χ0n) is 17.8. The van der Waals surface area contributed by atoms with Crippen LogP contribution >= 0.6 is 0 Å². The molecule has 0 aromatic rings. The molecule has 0 saturated heterocycles. The molecular formula is C24H39NO2. The first kappa shape index (κ1) is 19.5. The Labute approximate surface area is 165 Å². The molecule has 0 aromatic carbocycles. The molecule has 4 aliphatic rings. The standard InChI is InChI=1S/C24H39NO2/c1-23(27)12-9-17-16(15-23)5-6-19-18(17)10-13-24(2)20(19)7-8-21(24)22(26)11-14-25(3)4/h11,14,16-21,27H,5-10,12-13,15H2,1-4H3/b14-11+/t16-,17+,18-,19-,20+,21-,23-,24+/m1/s1. The van der Waals surface area contributed by atoms with Gasteiger partial charge in [0.25, 0.3) is 0 Å². The summed E-state index contributed by atoms with van der Waals surface area (Å²) in [5.41, 5.74) is -0.220. The summed E-state index contributed by atoms with van der Waals surface area (Å²) < 4.78 is 0. The fourth-order valence-corrected chi connectivity index (χ4v) is 7.89. The summed E-state index contributed by atoms with van der Waals surface area (Å²) >= 11 is 0. The lowest BCUT2D eigenvalue weighted by Gasteiger charge is -2.56. The zero-order valence-corrected chi connectivity index (χ0v) is 17.8. The van der Waals surface area contributed by atoms with Crippen LogP contribution in [0.15, 0.2) is 12.3 Å². The molecule has 8 atom stereocenters. The summed E-state index contributed by atoms with van der Waals surface area (Å²) in [6.07, 6.45) is 14.5. The van der Waals surface area contributed by atoms with E-state index in [1.807, 2.05) is 38.2 Å². The van der Waals surface area contributed by atoms with E-state index in [2.05, 4.69) is 6.92 Å². The summed E-state index contributed by atoms with van der Waals surface area (Å²) in [4.78, 5) is 14.9. The Balaban J connectivity index is 1.50. The molecule has 3 nitrogen and oxygen atoms in total. The second-order valence-electron chi connectivity index (χ2n) is 11.0. The first-order chi connectivity index (χ1) is 12.7. The average molecular weight is 374 g/mol. The van der Waals surface area contributed by atoms with Crippen molar-refractivity contribution in [2.24, 2.45) is 40.9 Å². The Bertz CT molecular complexity index is 610. The van der Waals surface area contributed by atoms with E-state index >= 15 is 0 Å². The molecule has 0 heterocycles. The molecule has 0 aliphatic heterocycles. The van der Waals surface area contributed by atoms with Crippen molar-refractivity contribution in [1.82, 2.24) is 4.90 Å². The first-order valence-corrected chi connectivity index (χ1v) is 11.3. The Kier molecular flexibility index (Phi) is 4.98. The molecule has 3 heteroatoms. The van der Waals surface area contributed by atoms with Crippen LogP contribution in [-0.2, 0) is 4.79 Å². The number of carbonyl (C=O) groups is 1. The van der Waals surface area contributed by atoms with Crippen LogP contribution in [0.2, 0.25) is 0 Å². The molecule has 0 unspecified atom stereocenters. The van der Waals surface area contributed by atoms with Crippen molar-refractivity contribution >= 4 is 5.78 Å². The van der Waals surface area contributed by atoms with E-state index in [0.29, 0.717) is 5.78 Å². The van der Waals surface area contributed by atoms with Gasteiger partial charge in [0.1, 0.15) is 0 Å². The van der Waals surface area contributed by atoms with E-state index in [4.69, 9.17) is 0 Å². The highest BCUT2D eigenvalue weighted by Crippen LogP contribution is 2.64. The molecule has 27 heavy (non-hydrogen) atoms. The van der Waals surface area contributed by atoms with Crippen molar-refractivity contribution < 1.29 is 9.90 Å². The molecular weight excluding hydrogens is 334 g/mol. The van der Waals surface area contributed by atoms with Gasteiger partial charge in [0, 0.05) is 26.2 Å². The summed E-state index contributed by atoms with van der Waals surface area (Å²) in [7, 11) is 3.96. The van der Waals surface area contributed by atoms with Gasteiger partial charge in [-0.15, -0.1) is 0 Å². The molecule has 0 spiro atoms. The smallest absolute Gasteiger partial charge is 0.160 e. The predicted octanol–water partition coefficient (Wildman–Crippen LogP) is 4.65. The Morgan fingerprint density at radius 3 is 2.44 bits per heavy atom. The average Bonchev–Trinajstić information content (AvgIpc) is 2.95. The summed E-state index contributed by atoms with van der Waals surface area (Å²) in [6, 6.07) is 0. The Morgan fingerprint density at radius 1 is 0.963 bits per heavy atom. The van der Waals surface area contributed by atoms with Gasteiger partial charge in [0.15, 0.2) is 5.78 Å². The molecule has 4 aliphatic carbocycles. The fraction of sp³-hybridized carbons (Fsp3) is 0.875. The number of rotatable bonds is 3. The van der Waals surface area contributed by atoms with Crippen LogP contribution in [0, 0.1) is 40.9 Å². The minimum absolute atomic E-state index is 0.210. The predicted molar refractivity (Wildman–Crippen MR) is 109 cm³/mol. The van der Waals surface area contributed by atoms with Crippen LogP contribution in [0.25, 0.3) is 0 Å². The van der Waals surface area contributed by atoms with Crippen LogP contribution in [0.1, 0.15) is 71.6 Å². The monoisotopic (exact) mass is 373 g/mol. The molecule has 4 fully saturated rings. The lowest BCUT2D eigenvalue weighted by molar-refractivity contribution is -0.128. The van der Waals surface area contributed by atoms with Gasteiger partial charge in [-0.25, -0.2) is 0 Å². The van der Waals surface area contributed by atoms with Crippen LogP contribution in [-0.4, -0.2) is 35.5 Å². The van der Waals surface area contributed by atoms with E-state index in [9.17, 15) is 9.90 Å². The number of carbonyl (C=O) groups excluding carboxylic acids is 1. The molecule has 0 amide bonds. The zero-order chi connectivity index (χ0) is 19.4. The molecule has 0 aromatic heterocycles. The number of hydrogen-bond donors (Lipinski definition) is 1. The molecule has 1 N–H and O–H groups in total. The third-order valence-electron chi connectivity index (χ3n) is 9.12. The van der Waals surface area contributed by atoms with Crippen LogP contribution in [0.3, 0.4) is 0 Å². The van der Waals surface area contributed by atoms with Crippen LogP contribution in [0.5, 0.6) is 0 Å². The Hall–Kier alpha value is -0.830. The molecule has 152 valence electrons. The normalized spacial score (nSPS) is 49.4. The molecule has 0 radical (unpaired) electrons. The van der Waals surface area contributed by atoms with Gasteiger partial charge in [-0.2, -0.15) is 0 Å². The van der Waals surface area contributed by atoms with Gasteiger partial charge in [0.2, 0.25) is 0 Å². The van der Waals surface area contributed by atoms with E-state index in [1.54, 1.807) is 0 Å². The van der Waals surface area contributed by atoms with E-state index in [1.165, 1.54) is 38.5 Å². The second-order valence-corrected chi connectivity index (χ2v) is 11.0. The highest BCUT2D eigenvalue weighted by Gasteiger charge is 2.58. The number of nitrogens with zero attached hydrogens (tertiary/aromatic N) is 1. The highest BCUT2D eigenvalue weighted by molar-refractivity contribution is 5.92. The summed E-state index contributed by atoms with van der Waals surface area (Å²) in [6.45, 7) is 4.48. The lowest BCUT2D eigenvalue weighted by Crippen LogP contribution is -2.51. The third-order valence-corrected chi connectivity index (χ3v) is 9.12. The van der Waals surface area contributed by atoms with Gasteiger partial charge < -0.3 is 10.0 Å². The number of fused-ring (bicyclic) bond motifs is 5. The van der Waals surface area contributed by atoms with Crippen molar-refractivity contribution in [3.63, 3.8) is 0 Å². The molecule has 4 saturated carbocycles. The number of aliphatic hydroxyl groups is 1. The van der Waals surface area contributed by atoms with E-state index in [-0.39, 0.29) is 11.3 Å². The second kappa shape index (κ2) is 6.90. The van der Waals surface area contributed by atoms with Gasteiger partial charge >= 0.3 is 0 Å². The van der Waals surface area contributed by atoms with Crippen LogP contribution < -0.4 is 0 Å².